The van der Waals surface area contributed by atoms with Gasteiger partial charge in [-0.3, -0.25) is 9.59 Å². The minimum Gasteiger partial charge on any atom is -0.458 e. The van der Waals surface area contributed by atoms with E-state index in [0.717, 1.165) is 0 Å². The molecule has 0 fully saturated rings. The molecular weight excluding hydrogens is 373 g/mol. The number of aliphatic hydroxyl groups is 1. The van der Waals surface area contributed by atoms with E-state index in [4.69, 9.17) is 4.74 Å². The van der Waals surface area contributed by atoms with E-state index in [1.54, 1.807) is 39.0 Å². The Morgan fingerprint density at radius 3 is 2.55 bits per heavy atom. The first-order chi connectivity index (χ1) is 9.23. The number of allylic oxidation sites excluding steroid dienone is 3. The summed E-state index contributed by atoms with van der Waals surface area (Å²) in [6.07, 6.45) is 4.57. The molecule has 0 aromatic rings. The summed E-state index contributed by atoms with van der Waals surface area (Å²) in [4.78, 5) is 25.2. The predicted octanol–water partition coefficient (Wildman–Crippen LogP) is 1.78. The van der Waals surface area contributed by atoms with E-state index in [1.165, 1.54) is 12.3 Å². The molecule has 1 aliphatic rings. The Kier molecular flexibility index (Phi) is 5.52. The lowest BCUT2D eigenvalue weighted by atomic mass is 9.87. The van der Waals surface area contributed by atoms with Crippen LogP contribution in [0.5, 0.6) is 0 Å². The Labute approximate surface area is 132 Å². The van der Waals surface area contributed by atoms with E-state index in [-0.39, 0.29) is 17.3 Å². The summed E-state index contributed by atoms with van der Waals surface area (Å²) >= 11 is 1.96. The van der Waals surface area contributed by atoms with Crippen LogP contribution in [0.15, 0.2) is 33.3 Å². The van der Waals surface area contributed by atoms with Crippen molar-refractivity contribution in [2.24, 2.45) is 5.92 Å². The molecule has 0 bridgehead atoms. The van der Waals surface area contributed by atoms with Gasteiger partial charge in [-0.25, -0.2) is 0 Å². The van der Waals surface area contributed by atoms with Gasteiger partial charge in [0.2, 0.25) is 0 Å². The predicted molar refractivity (Wildman–Crippen MR) is 83.9 cm³/mol. The molecule has 6 heteroatoms. The number of nitrogens with zero attached hydrogens (tertiary/aromatic N) is 1. The maximum absolute atomic E-state index is 12.3. The van der Waals surface area contributed by atoms with Gasteiger partial charge in [0.25, 0.3) is 5.79 Å². The fraction of sp³-hybridized carbons (Fsp3) is 0.429. The highest BCUT2D eigenvalue weighted by atomic mass is 127. The summed E-state index contributed by atoms with van der Waals surface area (Å²) in [5.41, 5.74) is 0.604. The lowest BCUT2D eigenvalue weighted by molar-refractivity contribution is -0.160. The van der Waals surface area contributed by atoms with Crippen molar-refractivity contribution >= 4 is 34.7 Å². The maximum Gasteiger partial charge on any atom is 0.288 e. The van der Waals surface area contributed by atoms with Crippen molar-refractivity contribution in [1.29, 1.82) is 0 Å². The van der Waals surface area contributed by atoms with Crippen LogP contribution in [-0.2, 0) is 14.3 Å². The molecule has 0 saturated heterocycles. The van der Waals surface area contributed by atoms with Gasteiger partial charge in [0.15, 0.2) is 12.1 Å². The molecule has 0 saturated carbocycles. The second kappa shape index (κ2) is 6.53. The average molecular weight is 391 g/mol. The summed E-state index contributed by atoms with van der Waals surface area (Å²) < 4.78 is 5.64. The lowest BCUT2D eigenvalue weighted by Gasteiger charge is -2.32. The molecule has 1 rings (SSSR count). The summed E-state index contributed by atoms with van der Waals surface area (Å²) in [7, 11) is 3.60. The van der Waals surface area contributed by atoms with E-state index in [0.29, 0.717) is 15.4 Å². The van der Waals surface area contributed by atoms with Crippen LogP contribution < -0.4 is 0 Å². The van der Waals surface area contributed by atoms with Gasteiger partial charge in [-0.15, -0.1) is 0 Å². The summed E-state index contributed by atoms with van der Waals surface area (Å²) in [6, 6.07) is 0. The van der Waals surface area contributed by atoms with Crippen LogP contribution in [0.2, 0.25) is 0 Å². The number of ketones is 1. The second-order valence-corrected chi connectivity index (χ2v) is 6.15. The smallest absolute Gasteiger partial charge is 0.288 e. The topological polar surface area (TPSA) is 66.8 Å². The molecule has 1 N–H and O–H groups in total. The van der Waals surface area contributed by atoms with E-state index in [2.05, 4.69) is 0 Å². The zero-order chi connectivity index (χ0) is 15.5. The van der Waals surface area contributed by atoms with E-state index < -0.39 is 5.79 Å². The maximum atomic E-state index is 12.3. The van der Waals surface area contributed by atoms with Crippen molar-refractivity contribution in [2.75, 3.05) is 14.1 Å². The minimum atomic E-state index is -2.07. The normalized spacial score (nSPS) is 22.9. The number of hydrogen-bond donors (Lipinski definition) is 1. The Hall–Kier alpha value is -1.15. The molecule has 110 valence electrons. The van der Waals surface area contributed by atoms with Gasteiger partial charge in [-0.1, -0.05) is 13.8 Å². The SMILES string of the molecule is CC(C)C1=C(C(=O)/C=C/N(C)C)C(I)=COC1(O)C=O. The Balaban J connectivity index is 3.39. The van der Waals surface area contributed by atoms with Crippen LogP contribution in [-0.4, -0.2) is 42.0 Å². The quantitative estimate of drug-likeness (QED) is 0.440. The van der Waals surface area contributed by atoms with Crippen LogP contribution in [0.4, 0.5) is 0 Å². The number of aldehydes is 1. The first kappa shape index (κ1) is 16.9. The molecule has 0 spiro atoms. The molecule has 0 aliphatic carbocycles. The largest absolute Gasteiger partial charge is 0.458 e. The highest BCUT2D eigenvalue weighted by Crippen LogP contribution is 2.38. The van der Waals surface area contributed by atoms with Gasteiger partial charge in [0.1, 0.15) is 6.26 Å². The number of carbonyl (C=O) groups is 2. The number of carbonyl (C=O) groups excluding carboxylic acids is 2. The van der Waals surface area contributed by atoms with E-state index >= 15 is 0 Å². The number of ether oxygens (including phenoxy) is 1. The molecule has 1 heterocycles. The molecule has 20 heavy (non-hydrogen) atoms. The zero-order valence-corrected chi connectivity index (χ0v) is 14.0. The Morgan fingerprint density at radius 2 is 2.10 bits per heavy atom. The molecule has 0 aromatic heterocycles. The Bertz CT molecular complexity index is 505. The van der Waals surface area contributed by atoms with Gasteiger partial charge >= 0.3 is 0 Å². The summed E-state index contributed by atoms with van der Waals surface area (Å²) in [5.74, 6) is -2.55. The van der Waals surface area contributed by atoms with Crippen LogP contribution in [0.1, 0.15) is 13.8 Å². The molecular formula is C14H18INO4. The van der Waals surface area contributed by atoms with Gasteiger partial charge < -0.3 is 14.7 Å². The molecule has 5 nitrogen and oxygen atoms in total. The first-order valence-electron chi connectivity index (χ1n) is 6.09. The van der Waals surface area contributed by atoms with Crippen molar-refractivity contribution in [3.05, 3.63) is 33.3 Å². The third-order valence-corrected chi connectivity index (χ3v) is 3.54. The van der Waals surface area contributed by atoms with Crippen LogP contribution >= 0.6 is 22.6 Å². The second-order valence-electron chi connectivity index (χ2n) is 4.98. The zero-order valence-electron chi connectivity index (χ0n) is 11.9. The molecule has 0 amide bonds. The highest BCUT2D eigenvalue weighted by Gasteiger charge is 2.41. The molecule has 1 aliphatic heterocycles. The molecule has 1 unspecified atom stereocenters. The van der Waals surface area contributed by atoms with Crippen molar-refractivity contribution < 1.29 is 19.4 Å². The standard InChI is InChI=1S/C14H18INO4/c1-9(2)13-12(11(18)5-6-16(3)4)10(15)7-20-14(13,19)8-17/h5-9,19H,1-4H3/b6-5+. The first-order valence-corrected chi connectivity index (χ1v) is 7.17. The van der Waals surface area contributed by atoms with Crippen molar-refractivity contribution in [3.63, 3.8) is 0 Å². The minimum absolute atomic E-state index is 0.213. The van der Waals surface area contributed by atoms with E-state index in [1.807, 2.05) is 22.6 Å². The number of halogens is 1. The van der Waals surface area contributed by atoms with Crippen molar-refractivity contribution in [3.8, 4) is 0 Å². The average Bonchev–Trinajstić information content (AvgIpc) is 2.38. The summed E-state index contributed by atoms with van der Waals surface area (Å²) in [5, 5.41) is 10.2. The molecule has 0 radical (unpaired) electrons. The van der Waals surface area contributed by atoms with Crippen LogP contribution in [0.25, 0.3) is 0 Å². The van der Waals surface area contributed by atoms with E-state index in [9.17, 15) is 14.7 Å². The number of hydrogen-bond acceptors (Lipinski definition) is 5. The van der Waals surface area contributed by atoms with Crippen molar-refractivity contribution in [1.82, 2.24) is 4.90 Å². The van der Waals surface area contributed by atoms with Gasteiger partial charge in [0, 0.05) is 37.5 Å². The molecule has 0 aromatic carbocycles. The van der Waals surface area contributed by atoms with Gasteiger partial charge in [0.05, 0.1) is 3.58 Å². The third kappa shape index (κ3) is 3.49. The fourth-order valence-electron chi connectivity index (χ4n) is 1.92. The highest BCUT2D eigenvalue weighted by molar-refractivity contribution is 14.1. The van der Waals surface area contributed by atoms with Crippen LogP contribution in [0, 0.1) is 5.92 Å². The molecule has 1 atom stereocenters. The van der Waals surface area contributed by atoms with Crippen molar-refractivity contribution in [2.45, 2.75) is 19.6 Å². The van der Waals surface area contributed by atoms with Gasteiger partial charge in [-0.2, -0.15) is 0 Å². The lowest BCUT2D eigenvalue weighted by Crippen LogP contribution is -2.40. The number of rotatable bonds is 5. The summed E-state index contributed by atoms with van der Waals surface area (Å²) in [6.45, 7) is 3.59. The fourth-order valence-corrected chi connectivity index (χ4v) is 2.60. The monoisotopic (exact) mass is 391 g/mol. The van der Waals surface area contributed by atoms with Crippen LogP contribution in [0.3, 0.4) is 0 Å². The Morgan fingerprint density at radius 1 is 1.50 bits per heavy atom. The van der Waals surface area contributed by atoms with Gasteiger partial charge in [-0.05, 0) is 28.5 Å². The third-order valence-electron chi connectivity index (χ3n) is 2.74.